The van der Waals surface area contributed by atoms with E-state index in [0.717, 1.165) is 89.9 Å². The lowest BCUT2D eigenvalue weighted by Gasteiger charge is -2.14. The first-order chi connectivity index (χ1) is 21.5. The molecular weight excluding hydrogens is 550 g/mol. The zero-order valence-electron chi connectivity index (χ0n) is 27.7. The van der Waals surface area contributed by atoms with Crippen molar-refractivity contribution in [3.63, 3.8) is 0 Å². The van der Waals surface area contributed by atoms with Gasteiger partial charge in [-0.25, -0.2) is 0 Å². The van der Waals surface area contributed by atoms with Gasteiger partial charge < -0.3 is 15.2 Å². The predicted molar refractivity (Wildman–Crippen MR) is 184 cm³/mol. The van der Waals surface area contributed by atoms with Gasteiger partial charge in [-0.2, -0.15) is 0 Å². The number of carboxylic acid groups (broad SMARTS) is 1. The summed E-state index contributed by atoms with van der Waals surface area (Å²) in [6.45, 7) is 3.94. The first kappa shape index (κ1) is 40.9. The minimum Gasteiger partial charge on any atom is -0.480 e. The van der Waals surface area contributed by atoms with Crippen LogP contribution in [-0.2, 0) is 19.1 Å². The topological polar surface area (TPSA) is 92.7 Å². The van der Waals surface area contributed by atoms with E-state index in [1.807, 2.05) is 6.08 Å². The summed E-state index contributed by atoms with van der Waals surface area (Å²) in [5, 5.41) is 11.0. The van der Waals surface area contributed by atoms with Crippen molar-refractivity contribution >= 4 is 17.8 Å². The second kappa shape index (κ2) is 32.8. The second-order valence-corrected chi connectivity index (χ2v) is 11.0. The molecule has 0 aliphatic carbocycles. The van der Waals surface area contributed by atoms with Crippen molar-refractivity contribution in [3.05, 3.63) is 72.9 Å². The van der Waals surface area contributed by atoms with Crippen molar-refractivity contribution in [1.29, 1.82) is 0 Å². The van der Waals surface area contributed by atoms with Gasteiger partial charge in [0.25, 0.3) is 0 Å². The average molecular weight is 612 g/mol. The van der Waals surface area contributed by atoms with Crippen molar-refractivity contribution in [2.75, 3.05) is 6.54 Å². The Morgan fingerprint density at radius 1 is 0.614 bits per heavy atom. The van der Waals surface area contributed by atoms with Crippen molar-refractivity contribution in [1.82, 2.24) is 5.32 Å². The number of hydrogen-bond donors (Lipinski definition) is 2. The van der Waals surface area contributed by atoms with Gasteiger partial charge in [0, 0.05) is 12.8 Å². The minimum absolute atomic E-state index is 0.129. The Morgan fingerprint density at radius 3 is 1.73 bits per heavy atom. The van der Waals surface area contributed by atoms with E-state index in [2.05, 4.69) is 86.0 Å². The third-order valence-electron chi connectivity index (χ3n) is 6.86. The van der Waals surface area contributed by atoms with Crippen LogP contribution in [0.3, 0.4) is 0 Å². The summed E-state index contributed by atoms with van der Waals surface area (Å²) in [7, 11) is 0. The van der Waals surface area contributed by atoms with Gasteiger partial charge in [-0.15, -0.1) is 0 Å². The number of nitrogens with one attached hydrogen (secondary N) is 1. The van der Waals surface area contributed by atoms with Crippen molar-refractivity contribution < 1.29 is 24.2 Å². The fourth-order valence-corrected chi connectivity index (χ4v) is 4.40. The molecule has 0 aromatic heterocycles. The molecule has 0 aliphatic heterocycles. The number of unbranched alkanes of at least 4 members (excludes halogenated alkanes) is 8. The molecule has 1 unspecified atom stereocenters. The summed E-state index contributed by atoms with van der Waals surface area (Å²) < 4.78 is 5.83. The molecule has 0 rings (SSSR count). The molecule has 44 heavy (non-hydrogen) atoms. The van der Waals surface area contributed by atoms with Gasteiger partial charge in [0.1, 0.15) is 12.6 Å². The Kier molecular flexibility index (Phi) is 30.4. The Labute approximate surface area is 268 Å². The molecule has 0 aromatic rings. The standard InChI is InChI=1S/C38H61NO5/c1-3-5-7-9-11-13-14-15-16-17-18-19-21-23-29-33-38(43)44-35(30-26-22-20-12-10-8-6-4-2)31-27-24-25-28-32-36(40)39-34-37(41)42/h5-8,11-13,15-16,20,26,30,35H,3-4,9-10,14,17-19,21-25,27-29,31-34H2,1-2H3,(H,39,40)(H,41,42)/b7-5-,8-6-,13-11-,16-15-,20-12-,30-26-. The second-order valence-electron chi connectivity index (χ2n) is 11.0. The highest BCUT2D eigenvalue weighted by Crippen LogP contribution is 2.14. The van der Waals surface area contributed by atoms with E-state index < -0.39 is 5.97 Å². The molecule has 2 N–H and O–H groups in total. The van der Waals surface area contributed by atoms with Crippen LogP contribution in [0.15, 0.2) is 72.9 Å². The van der Waals surface area contributed by atoms with E-state index in [0.29, 0.717) is 19.3 Å². The monoisotopic (exact) mass is 611 g/mol. The van der Waals surface area contributed by atoms with Gasteiger partial charge in [0.2, 0.25) is 5.91 Å². The van der Waals surface area contributed by atoms with Crippen LogP contribution in [0.25, 0.3) is 0 Å². The van der Waals surface area contributed by atoms with Crippen LogP contribution in [0.2, 0.25) is 0 Å². The Bertz CT molecular complexity index is 897. The van der Waals surface area contributed by atoms with Gasteiger partial charge in [-0.1, -0.05) is 113 Å². The number of carbonyl (C=O) groups excluding carboxylic acids is 2. The van der Waals surface area contributed by atoms with Crippen LogP contribution in [0.5, 0.6) is 0 Å². The molecule has 0 aromatic carbocycles. The lowest BCUT2D eigenvalue weighted by molar-refractivity contribution is -0.147. The van der Waals surface area contributed by atoms with Crippen LogP contribution in [0.1, 0.15) is 136 Å². The lowest BCUT2D eigenvalue weighted by atomic mass is 10.1. The molecule has 6 nitrogen and oxygen atoms in total. The molecule has 0 spiro atoms. The van der Waals surface area contributed by atoms with Gasteiger partial charge in [0.15, 0.2) is 0 Å². The van der Waals surface area contributed by atoms with E-state index in [1.165, 1.54) is 12.8 Å². The zero-order valence-corrected chi connectivity index (χ0v) is 27.7. The van der Waals surface area contributed by atoms with Crippen LogP contribution >= 0.6 is 0 Å². The fourth-order valence-electron chi connectivity index (χ4n) is 4.40. The minimum atomic E-state index is -1.04. The highest BCUT2D eigenvalue weighted by Gasteiger charge is 2.11. The van der Waals surface area contributed by atoms with Crippen LogP contribution in [0, 0.1) is 0 Å². The molecule has 0 radical (unpaired) electrons. The molecule has 1 amide bonds. The molecule has 1 atom stereocenters. The van der Waals surface area contributed by atoms with Crippen molar-refractivity contribution in [3.8, 4) is 0 Å². The highest BCUT2D eigenvalue weighted by molar-refractivity contribution is 5.80. The fraction of sp³-hybridized carbons (Fsp3) is 0.605. The van der Waals surface area contributed by atoms with Crippen LogP contribution in [0.4, 0.5) is 0 Å². The van der Waals surface area contributed by atoms with Gasteiger partial charge in [0.05, 0.1) is 0 Å². The Balaban J connectivity index is 4.27. The predicted octanol–water partition coefficient (Wildman–Crippen LogP) is 9.89. The summed E-state index contributed by atoms with van der Waals surface area (Å²) in [5.41, 5.74) is 0. The molecular formula is C38H61NO5. The lowest BCUT2D eigenvalue weighted by Crippen LogP contribution is -2.28. The van der Waals surface area contributed by atoms with Gasteiger partial charge in [-0.05, 0) is 83.1 Å². The first-order valence-corrected chi connectivity index (χ1v) is 17.1. The maximum atomic E-state index is 12.6. The largest absolute Gasteiger partial charge is 0.480 e. The maximum absolute atomic E-state index is 12.6. The number of carboxylic acids is 1. The molecule has 0 bridgehead atoms. The van der Waals surface area contributed by atoms with Crippen molar-refractivity contribution in [2.45, 2.75) is 142 Å². The van der Waals surface area contributed by atoms with Gasteiger partial charge >= 0.3 is 11.9 Å². The summed E-state index contributed by atoms with van der Waals surface area (Å²) >= 11 is 0. The smallest absolute Gasteiger partial charge is 0.322 e. The molecule has 0 saturated carbocycles. The normalized spacial score (nSPS) is 13.0. The number of allylic oxidation sites excluding steroid dienone is 11. The summed E-state index contributed by atoms with van der Waals surface area (Å²) in [5.74, 6) is -1.40. The number of carbonyl (C=O) groups is 3. The number of hydrogen-bond acceptors (Lipinski definition) is 4. The molecule has 0 heterocycles. The van der Waals surface area contributed by atoms with E-state index in [-0.39, 0.29) is 24.5 Å². The number of amides is 1. The van der Waals surface area contributed by atoms with E-state index in [1.54, 1.807) is 0 Å². The van der Waals surface area contributed by atoms with E-state index in [9.17, 15) is 14.4 Å². The Hall–Kier alpha value is -3.15. The average Bonchev–Trinajstić information content (AvgIpc) is 3.00. The summed E-state index contributed by atoms with van der Waals surface area (Å²) in [6.07, 6.45) is 43.2. The van der Waals surface area contributed by atoms with Crippen LogP contribution < -0.4 is 5.32 Å². The quantitative estimate of drug-likeness (QED) is 0.0499. The molecule has 0 fully saturated rings. The number of aliphatic carboxylic acids is 1. The molecule has 0 aliphatic rings. The highest BCUT2D eigenvalue weighted by atomic mass is 16.5. The first-order valence-electron chi connectivity index (χ1n) is 17.1. The molecule has 248 valence electrons. The maximum Gasteiger partial charge on any atom is 0.322 e. The van der Waals surface area contributed by atoms with Crippen LogP contribution in [-0.4, -0.2) is 35.6 Å². The third kappa shape index (κ3) is 31.8. The molecule has 6 heteroatoms. The molecule has 0 saturated heterocycles. The number of esters is 1. The Morgan fingerprint density at radius 2 is 1.11 bits per heavy atom. The number of ether oxygens (including phenoxy) is 1. The van der Waals surface area contributed by atoms with Gasteiger partial charge in [-0.3, -0.25) is 14.4 Å². The van der Waals surface area contributed by atoms with E-state index >= 15 is 0 Å². The summed E-state index contributed by atoms with van der Waals surface area (Å²) in [6, 6.07) is 0. The summed E-state index contributed by atoms with van der Waals surface area (Å²) in [4.78, 5) is 34.7. The SMILES string of the molecule is CC/C=C\C/C=C\C/C=C\CCCCCCCC(=O)OC(/C=C\C/C=C\C/C=C\CC)CCCCCCC(=O)NCC(=O)O. The van der Waals surface area contributed by atoms with Crippen molar-refractivity contribution in [2.24, 2.45) is 0 Å². The number of rotatable bonds is 29. The third-order valence-corrected chi connectivity index (χ3v) is 6.86. The van der Waals surface area contributed by atoms with E-state index in [4.69, 9.17) is 9.84 Å². The zero-order chi connectivity index (χ0) is 32.4.